The van der Waals surface area contributed by atoms with Crippen molar-refractivity contribution < 1.29 is 19.0 Å². The van der Waals surface area contributed by atoms with Gasteiger partial charge in [0, 0.05) is 6.08 Å². The Labute approximate surface area is 180 Å². The first-order valence-electron chi connectivity index (χ1n) is 9.96. The second-order valence-electron chi connectivity index (χ2n) is 6.52. The Bertz CT molecular complexity index is 1030. The van der Waals surface area contributed by atoms with E-state index >= 15 is 0 Å². The van der Waals surface area contributed by atoms with Gasteiger partial charge in [-0.25, -0.2) is 4.98 Å². The maximum absolute atomic E-state index is 12.3. The number of aromatic nitrogens is 1. The quantitative estimate of drug-likeness (QED) is 0.341. The number of fused-ring (bicyclic) bond motifs is 1. The van der Waals surface area contributed by atoms with E-state index in [0.717, 1.165) is 40.1 Å². The van der Waals surface area contributed by atoms with Gasteiger partial charge in [-0.1, -0.05) is 30.7 Å². The van der Waals surface area contributed by atoms with E-state index in [-0.39, 0.29) is 5.91 Å². The molecule has 1 N–H and O–H groups in total. The van der Waals surface area contributed by atoms with Crippen molar-refractivity contribution in [1.29, 1.82) is 0 Å². The molecule has 3 aromatic rings. The van der Waals surface area contributed by atoms with Crippen LogP contribution < -0.4 is 19.5 Å². The zero-order valence-corrected chi connectivity index (χ0v) is 18.3. The Balaban J connectivity index is 1.67. The van der Waals surface area contributed by atoms with Crippen LogP contribution in [0.4, 0.5) is 5.13 Å². The van der Waals surface area contributed by atoms with Crippen LogP contribution in [0.3, 0.4) is 0 Å². The highest BCUT2D eigenvalue weighted by molar-refractivity contribution is 7.22. The standard InChI is InChI=1S/C23H26N2O4S/c1-4-6-13-29-19-11-7-16(14-20(19)28-5-2)8-12-22(26)25-23-24-18-10-9-17(27-3)15-21(18)30-23/h7-12,14-15H,4-6,13H2,1-3H3,(H,24,25,26)/b12-8+. The topological polar surface area (TPSA) is 69.7 Å². The predicted molar refractivity (Wildman–Crippen MR) is 122 cm³/mol. The number of benzene rings is 2. The number of hydrogen-bond donors (Lipinski definition) is 1. The molecule has 0 aliphatic heterocycles. The number of carbonyl (C=O) groups excluding carboxylic acids is 1. The summed E-state index contributed by atoms with van der Waals surface area (Å²) in [5, 5.41) is 3.35. The van der Waals surface area contributed by atoms with E-state index in [2.05, 4.69) is 17.2 Å². The molecule has 0 aliphatic rings. The molecule has 0 radical (unpaired) electrons. The van der Waals surface area contributed by atoms with E-state index in [1.807, 2.05) is 43.3 Å². The van der Waals surface area contributed by atoms with Gasteiger partial charge in [-0.05, 0) is 55.3 Å². The van der Waals surface area contributed by atoms with Gasteiger partial charge in [-0.15, -0.1) is 0 Å². The van der Waals surface area contributed by atoms with Gasteiger partial charge in [0.05, 0.1) is 30.5 Å². The van der Waals surface area contributed by atoms with E-state index in [0.29, 0.717) is 24.1 Å². The third-order valence-corrected chi connectivity index (χ3v) is 5.21. The molecule has 0 aliphatic carbocycles. The molecule has 7 heteroatoms. The molecule has 0 unspecified atom stereocenters. The lowest BCUT2D eigenvalue weighted by atomic mass is 10.2. The van der Waals surface area contributed by atoms with E-state index in [9.17, 15) is 4.79 Å². The lowest BCUT2D eigenvalue weighted by Crippen LogP contribution is -2.07. The van der Waals surface area contributed by atoms with E-state index in [4.69, 9.17) is 14.2 Å². The average Bonchev–Trinajstić information content (AvgIpc) is 3.15. The van der Waals surface area contributed by atoms with Gasteiger partial charge in [0.15, 0.2) is 16.6 Å². The number of unbranched alkanes of at least 4 members (excludes halogenated alkanes) is 1. The van der Waals surface area contributed by atoms with Crippen molar-refractivity contribution in [2.24, 2.45) is 0 Å². The second-order valence-corrected chi connectivity index (χ2v) is 7.55. The fraction of sp³-hybridized carbons (Fsp3) is 0.304. The van der Waals surface area contributed by atoms with Gasteiger partial charge in [0.1, 0.15) is 5.75 Å². The van der Waals surface area contributed by atoms with Gasteiger partial charge >= 0.3 is 0 Å². The third kappa shape index (κ3) is 5.73. The van der Waals surface area contributed by atoms with Crippen molar-refractivity contribution in [3.05, 3.63) is 48.0 Å². The van der Waals surface area contributed by atoms with E-state index < -0.39 is 0 Å². The number of anilines is 1. The summed E-state index contributed by atoms with van der Waals surface area (Å²) in [6.45, 7) is 5.25. The molecular formula is C23H26N2O4S. The van der Waals surface area contributed by atoms with Crippen molar-refractivity contribution in [1.82, 2.24) is 4.98 Å². The number of rotatable bonds is 10. The maximum atomic E-state index is 12.3. The van der Waals surface area contributed by atoms with Crippen LogP contribution in [0, 0.1) is 0 Å². The van der Waals surface area contributed by atoms with Gasteiger partial charge in [0.25, 0.3) is 0 Å². The fourth-order valence-corrected chi connectivity index (χ4v) is 3.64. The Hall–Kier alpha value is -3.06. The van der Waals surface area contributed by atoms with Crippen molar-refractivity contribution in [2.45, 2.75) is 26.7 Å². The lowest BCUT2D eigenvalue weighted by Gasteiger charge is -2.12. The monoisotopic (exact) mass is 426 g/mol. The molecular weight excluding hydrogens is 400 g/mol. The first-order chi connectivity index (χ1) is 14.6. The highest BCUT2D eigenvalue weighted by Gasteiger charge is 2.08. The van der Waals surface area contributed by atoms with Crippen LogP contribution in [-0.4, -0.2) is 31.2 Å². The minimum Gasteiger partial charge on any atom is -0.497 e. The van der Waals surface area contributed by atoms with E-state index in [1.54, 1.807) is 13.2 Å². The summed E-state index contributed by atoms with van der Waals surface area (Å²) < 4.78 is 17.7. The summed E-state index contributed by atoms with van der Waals surface area (Å²) >= 11 is 1.40. The predicted octanol–water partition coefficient (Wildman–Crippen LogP) is 5.53. The van der Waals surface area contributed by atoms with Crippen LogP contribution in [0.15, 0.2) is 42.5 Å². The zero-order valence-electron chi connectivity index (χ0n) is 17.4. The molecule has 3 rings (SSSR count). The Morgan fingerprint density at radius 1 is 1.13 bits per heavy atom. The number of carbonyl (C=O) groups is 1. The first-order valence-corrected chi connectivity index (χ1v) is 10.8. The molecule has 6 nitrogen and oxygen atoms in total. The molecule has 158 valence electrons. The fourth-order valence-electron chi connectivity index (χ4n) is 2.75. The van der Waals surface area contributed by atoms with Crippen LogP contribution in [0.1, 0.15) is 32.3 Å². The van der Waals surface area contributed by atoms with Gasteiger partial charge in [-0.3, -0.25) is 10.1 Å². The highest BCUT2D eigenvalue weighted by atomic mass is 32.1. The molecule has 0 bridgehead atoms. The number of thiazole rings is 1. The Kier molecular flexibility index (Phi) is 7.68. The molecule has 30 heavy (non-hydrogen) atoms. The smallest absolute Gasteiger partial charge is 0.250 e. The summed E-state index contributed by atoms with van der Waals surface area (Å²) in [6.07, 6.45) is 5.29. The molecule has 2 aromatic carbocycles. The molecule has 0 spiro atoms. The van der Waals surface area contributed by atoms with Crippen LogP contribution in [0.5, 0.6) is 17.2 Å². The van der Waals surface area contributed by atoms with Crippen LogP contribution in [0.25, 0.3) is 16.3 Å². The van der Waals surface area contributed by atoms with Crippen LogP contribution in [0.2, 0.25) is 0 Å². The number of nitrogens with zero attached hydrogens (tertiary/aromatic N) is 1. The van der Waals surface area contributed by atoms with E-state index in [1.165, 1.54) is 17.4 Å². The lowest BCUT2D eigenvalue weighted by molar-refractivity contribution is -0.111. The Morgan fingerprint density at radius 2 is 2.00 bits per heavy atom. The van der Waals surface area contributed by atoms with Crippen LogP contribution in [-0.2, 0) is 4.79 Å². The van der Waals surface area contributed by atoms with Crippen molar-refractivity contribution in [2.75, 3.05) is 25.6 Å². The highest BCUT2D eigenvalue weighted by Crippen LogP contribution is 2.30. The number of amides is 1. The second kappa shape index (κ2) is 10.6. The summed E-state index contributed by atoms with van der Waals surface area (Å²) in [5.41, 5.74) is 1.67. The van der Waals surface area contributed by atoms with Gasteiger partial charge in [-0.2, -0.15) is 0 Å². The normalized spacial score (nSPS) is 11.0. The molecule has 0 saturated carbocycles. The molecule has 1 heterocycles. The first kappa shape index (κ1) is 21.6. The molecule has 1 aromatic heterocycles. The van der Waals surface area contributed by atoms with Crippen molar-refractivity contribution >= 4 is 38.7 Å². The number of ether oxygens (including phenoxy) is 3. The molecule has 0 atom stereocenters. The number of methoxy groups -OCH3 is 1. The average molecular weight is 427 g/mol. The zero-order chi connectivity index (χ0) is 21.3. The summed E-state index contributed by atoms with van der Waals surface area (Å²) in [6, 6.07) is 11.3. The summed E-state index contributed by atoms with van der Waals surface area (Å²) in [4.78, 5) is 16.8. The minimum absolute atomic E-state index is 0.248. The SMILES string of the molecule is CCCCOc1ccc(/C=C/C(=O)Nc2nc3ccc(OC)cc3s2)cc1OCC. The Morgan fingerprint density at radius 3 is 2.77 bits per heavy atom. The largest absolute Gasteiger partial charge is 0.497 e. The van der Waals surface area contributed by atoms with Crippen LogP contribution >= 0.6 is 11.3 Å². The molecule has 1 amide bonds. The van der Waals surface area contributed by atoms with Gasteiger partial charge < -0.3 is 14.2 Å². The number of hydrogen-bond acceptors (Lipinski definition) is 6. The summed E-state index contributed by atoms with van der Waals surface area (Å²) in [7, 11) is 1.62. The minimum atomic E-state index is -0.248. The van der Waals surface area contributed by atoms with Crippen molar-refractivity contribution in [3.8, 4) is 17.2 Å². The molecule has 0 saturated heterocycles. The summed E-state index contributed by atoms with van der Waals surface area (Å²) in [5.74, 6) is 1.91. The number of nitrogens with one attached hydrogen (secondary N) is 1. The van der Waals surface area contributed by atoms with Gasteiger partial charge in [0.2, 0.25) is 5.91 Å². The third-order valence-electron chi connectivity index (χ3n) is 4.28. The van der Waals surface area contributed by atoms with Crippen molar-refractivity contribution in [3.63, 3.8) is 0 Å². The molecule has 0 fully saturated rings. The maximum Gasteiger partial charge on any atom is 0.250 e.